The van der Waals surface area contributed by atoms with Crippen molar-refractivity contribution in [3.05, 3.63) is 58.0 Å². The highest BCUT2D eigenvalue weighted by Gasteiger charge is 2.13. The van der Waals surface area contributed by atoms with Crippen LogP contribution in [0.4, 0.5) is 0 Å². The van der Waals surface area contributed by atoms with E-state index >= 15 is 0 Å². The SMILES string of the molecule is ClCCc1nc2cc(Cl)cnc2n1Cc1ccccc1Cl. The van der Waals surface area contributed by atoms with E-state index in [1.165, 1.54) is 0 Å². The van der Waals surface area contributed by atoms with E-state index in [9.17, 15) is 0 Å². The number of hydrogen-bond acceptors (Lipinski definition) is 2. The standard InChI is InChI=1S/C15H12Cl3N3/c16-6-5-14-20-13-7-11(17)8-19-15(13)21(14)9-10-3-1-2-4-12(10)18/h1-4,7-8H,5-6,9H2. The number of imidazole rings is 1. The Hall–Kier alpha value is -1.29. The molecule has 0 amide bonds. The third-order valence-corrected chi connectivity index (χ3v) is 4.00. The van der Waals surface area contributed by atoms with Gasteiger partial charge in [0.25, 0.3) is 0 Å². The Morgan fingerprint density at radius 2 is 1.95 bits per heavy atom. The number of benzene rings is 1. The first-order chi connectivity index (χ1) is 10.2. The van der Waals surface area contributed by atoms with Gasteiger partial charge in [0.2, 0.25) is 0 Å². The third-order valence-electron chi connectivity index (χ3n) is 3.24. The minimum absolute atomic E-state index is 0.500. The first kappa shape index (κ1) is 14.6. The van der Waals surface area contributed by atoms with Gasteiger partial charge in [-0.1, -0.05) is 41.4 Å². The van der Waals surface area contributed by atoms with Crippen LogP contribution in [0.5, 0.6) is 0 Å². The molecule has 0 fully saturated rings. The monoisotopic (exact) mass is 339 g/mol. The predicted molar refractivity (Wildman–Crippen MR) is 87.5 cm³/mol. The molecule has 0 aliphatic rings. The van der Waals surface area contributed by atoms with Crippen LogP contribution in [-0.2, 0) is 13.0 Å². The number of pyridine rings is 1. The number of nitrogens with zero attached hydrogens (tertiary/aromatic N) is 3. The number of fused-ring (bicyclic) bond motifs is 1. The molecule has 0 unspecified atom stereocenters. The summed E-state index contributed by atoms with van der Waals surface area (Å²) in [4.78, 5) is 8.97. The second-order valence-corrected chi connectivity index (χ2v) is 5.86. The van der Waals surface area contributed by atoms with E-state index < -0.39 is 0 Å². The Kier molecular flexibility index (Phi) is 4.34. The van der Waals surface area contributed by atoms with Crippen LogP contribution in [-0.4, -0.2) is 20.4 Å². The van der Waals surface area contributed by atoms with Crippen LogP contribution in [0.3, 0.4) is 0 Å². The molecule has 0 saturated heterocycles. The van der Waals surface area contributed by atoms with Crippen molar-refractivity contribution in [1.82, 2.24) is 14.5 Å². The van der Waals surface area contributed by atoms with Gasteiger partial charge in [-0.15, -0.1) is 11.6 Å². The van der Waals surface area contributed by atoms with Crippen molar-refractivity contribution in [3.8, 4) is 0 Å². The van der Waals surface area contributed by atoms with E-state index in [1.807, 2.05) is 34.9 Å². The minimum Gasteiger partial charge on any atom is -0.308 e. The Morgan fingerprint density at radius 1 is 1.14 bits per heavy atom. The topological polar surface area (TPSA) is 30.7 Å². The molecule has 21 heavy (non-hydrogen) atoms. The fourth-order valence-corrected chi connectivity index (χ4v) is 2.79. The van der Waals surface area contributed by atoms with E-state index in [2.05, 4.69) is 9.97 Å². The maximum absolute atomic E-state index is 6.25. The Labute approximate surface area is 137 Å². The second kappa shape index (κ2) is 6.22. The van der Waals surface area contributed by atoms with E-state index in [0.29, 0.717) is 23.9 Å². The second-order valence-electron chi connectivity index (χ2n) is 4.64. The first-order valence-corrected chi connectivity index (χ1v) is 7.78. The minimum atomic E-state index is 0.500. The molecule has 3 nitrogen and oxygen atoms in total. The van der Waals surface area contributed by atoms with Crippen molar-refractivity contribution in [1.29, 1.82) is 0 Å². The lowest BCUT2D eigenvalue weighted by molar-refractivity contribution is 0.748. The quantitative estimate of drug-likeness (QED) is 0.651. The molecule has 3 aromatic rings. The van der Waals surface area contributed by atoms with Crippen molar-refractivity contribution < 1.29 is 0 Å². The van der Waals surface area contributed by atoms with E-state index in [1.54, 1.807) is 6.20 Å². The zero-order chi connectivity index (χ0) is 14.8. The van der Waals surface area contributed by atoms with Gasteiger partial charge in [-0.3, -0.25) is 0 Å². The predicted octanol–water partition coefficient (Wildman–Crippen LogP) is 4.57. The summed E-state index contributed by atoms with van der Waals surface area (Å²) in [6.07, 6.45) is 2.29. The molecule has 0 aliphatic carbocycles. The molecular formula is C15H12Cl3N3. The Balaban J connectivity index is 2.11. The highest BCUT2D eigenvalue weighted by atomic mass is 35.5. The highest BCUT2D eigenvalue weighted by molar-refractivity contribution is 6.31. The number of alkyl halides is 1. The highest BCUT2D eigenvalue weighted by Crippen LogP contribution is 2.22. The summed E-state index contributed by atoms with van der Waals surface area (Å²) >= 11 is 18.1. The molecule has 0 N–H and O–H groups in total. The van der Waals surface area contributed by atoms with Gasteiger partial charge in [-0.05, 0) is 17.7 Å². The normalized spacial score (nSPS) is 11.2. The molecule has 6 heteroatoms. The molecular weight excluding hydrogens is 329 g/mol. The lowest BCUT2D eigenvalue weighted by Gasteiger charge is -2.09. The number of rotatable bonds is 4. The van der Waals surface area contributed by atoms with Crippen LogP contribution < -0.4 is 0 Å². The average molecular weight is 341 g/mol. The van der Waals surface area contributed by atoms with Crippen molar-refractivity contribution in [2.75, 3.05) is 5.88 Å². The van der Waals surface area contributed by atoms with Crippen LogP contribution in [0.1, 0.15) is 11.4 Å². The molecule has 0 saturated carbocycles. The molecule has 108 valence electrons. The van der Waals surface area contributed by atoms with Gasteiger partial charge in [0.15, 0.2) is 5.65 Å². The van der Waals surface area contributed by atoms with Crippen molar-refractivity contribution >= 4 is 46.0 Å². The fourth-order valence-electron chi connectivity index (χ4n) is 2.27. The number of hydrogen-bond donors (Lipinski definition) is 0. The summed E-state index contributed by atoms with van der Waals surface area (Å²) in [6, 6.07) is 9.56. The summed E-state index contributed by atoms with van der Waals surface area (Å²) < 4.78 is 2.04. The smallest absolute Gasteiger partial charge is 0.160 e. The van der Waals surface area contributed by atoms with E-state index in [4.69, 9.17) is 34.8 Å². The maximum atomic E-state index is 6.25. The summed E-state index contributed by atoms with van der Waals surface area (Å²) in [6.45, 7) is 0.608. The molecule has 1 aromatic carbocycles. The summed E-state index contributed by atoms with van der Waals surface area (Å²) in [5.74, 6) is 1.38. The summed E-state index contributed by atoms with van der Waals surface area (Å²) in [5.41, 5.74) is 2.58. The molecule has 0 bridgehead atoms. The molecule has 0 atom stereocenters. The Bertz CT molecular complexity index is 783. The molecule has 0 radical (unpaired) electrons. The zero-order valence-corrected chi connectivity index (χ0v) is 13.3. The van der Waals surface area contributed by atoms with Gasteiger partial charge in [-0.2, -0.15) is 0 Å². The number of aryl methyl sites for hydroxylation is 1. The van der Waals surface area contributed by atoms with Gasteiger partial charge >= 0.3 is 0 Å². The van der Waals surface area contributed by atoms with Crippen molar-refractivity contribution in [2.45, 2.75) is 13.0 Å². The fraction of sp³-hybridized carbons (Fsp3) is 0.200. The van der Waals surface area contributed by atoms with Gasteiger partial charge in [0.05, 0.1) is 11.6 Å². The van der Waals surface area contributed by atoms with Crippen molar-refractivity contribution in [2.24, 2.45) is 0 Å². The van der Waals surface area contributed by atoms with Crippen LogP contribution in [0.15, 0.2) is 36.5 Å². The van der Waals surface area contributed by atoms with Crippen LogP contribution in [0, 0.1) is 0 Å². The maximum Gasteiger partial charge on any atom is 0.160 e. The lowest BCUT2D eigenvalue weighted by Crippen LogP contribution is -2.07. The zero-order valence-electron chi connectivity index (χ0n) is 11.1. The van der Waals surface area contributed by atoms with Crippen molar-refractivity contribution in [3.63, 3.8) is 0 Å². The van der Waals surface area contributed by atoms with E-state index in [0.717, 1.165) is 27.6 Å². The third kappa shape index (κ3) is 3.00. The summed E-state index contributed by atoms with van der Waals surface area (Å²) in [7, 11) is 0. The lowest BCUT2D eigenvalue weighted by atomic mass is 10.2. The van der Waals surface area contributed by atoms with E-state index in [-0.39, 0.29) is 0 Å². The van der Waals surface area contributed by atoms with Crippen LogP contribution in [0.25, 0.3) is 11.2 Å². The van der Waals surface area contributed by atoms with Gasteiger partial charge in [-0.25, -0.2) is 9.97 Å². The Morgan fingerprint density at radius 3 is 2.71 bits per heavy atom. The molecule has 0 aliphatic heterocycles. The van der Waals surface area contributed by atoms with Crippen LogP contribution in [0.2, 0.25) is 10.0 Å². The number of halogens is 3. The molecule has 3 rings (SSSR count). The van der Waals surface area contributed by atoms with Gasteiger partial charge in [0.1, 0.15) is 11.3 Å². The van der Waals surface area contributed by atoms with Crippen LogP contribution >= 0.6 is 34.8 Å². The molecule has 2 aromatic heterocycles. The summed E-state index contributed by atoms with van der Waals surface area (Å²) in [5, 5.41) is 1.30. The van der Waals surface area contributed by atoms with Gasteiger partial charge in [0, 0.05) is 23.5 Å². The first-order valence-electron chi connectivity index (χ1n) is 6.49. The average Bonchev–Trinajstić information content (AvgIpc) is 2.79. The largest absolute Gasteiger partial charge is 0.308 e. The molecule has 0 spiro atoms. The van der Waals surface area contributed by atoms with Gasteiger partial charge < -0.3 is 4.57 Å². The molecule has 2 heterocycles. The number of aromatic nitrogens is 3.